The zero-order chi connectivity index (χ0) is 14.9. The van der Waals surface area contributed by atoms with Crippen LogP contribution in [-0.2, 0) is 14.8 Å². The van der Waals surface area contributed by atoms with Crippen LogP contribution in [0, 0.1) is 12.8 Å². The molecule has 110 valence electrons. The van der Waals surface area contributed by atoms with Crippen LogP contribution in [0.5, 0.6) is 0 Å². The number of benzene rings is 1. The Hall–Kier alpha value is -0.920. The first-order valence-corrected chi connectivity index (χ1v) is 8.58. The van der Waals surface area contributed by atoms with Crippen molar-refractivity contribution in [1.29, 1.82) is 0 Å². The SMILES string of the molecule is Cc1cc(S(=O)(=O)N[C@H]2CC[C@@H](C(=O)O)C2)ccc1Br. The maximum atomic E-state index is 12.3. The van der Waals surface area contributed by atoms with Gasteiger partial charge in [-0.05, 0) is 49.9 Å². The fraction of sp³-hybridized carbons (Fsp3) is 0.462. The zero-order valence-corrected chi connectivity index (χ0v) is 13.4. The second-order valence-electron chi connectivity index (χ2n) is 5.08. The van der Waals surface area contributed by atoms with Gasteiger partial charge in [0.25, 0.3) is 0 Å². The molecular formula is C13H16BrNO4S. The van der Waals surface area contributed by atoms with E-state index in [-0.39, 0.29) is 10.9 Å². The number of hydrogen-bond donors (Lipinski definition) is 2. The van der Waals surface area contributed by atoms with Crippen LogP contribution in [0.3, 0.4) is 0 Å². The molecular weight excluding hydrogens is 346 g/mol. The van der Waals surface area contributed by atoms with Crippen molar-refractivity contribution in [3.63, 3.8) is 0 Å². The van der Waals surface area contributed by atoms with Gasteiger partial charge < -0.3 is 5.11 Å². The maximum absolute atomic E-state index is 12.3. The fourth-order valence-electron chi connectivity index (χ4n) is 2.38. The fourth-order valence-corrected chi connectivity index (χ4v) is 4.00. The highest BCUT2D eigenvalue weighted by Crippen LogP contribution is 2.27. The number of hydrogen-bond acceptors (Lipinski definition) is 3. The average Bonchev–Trinajstić information content (AvgIpc) is 2.80. The highest BCUT2D eigenvalue weighted by Gasteiger charge is 2.32. The summed E-state index contributed by atoms with van der Waals surface area (Å²) in [6, 6.07) is 4.52. The molecule has 5 nitrogen and oxygen atoms in total. The minimum atomic E-state index is -3.60. The third-order valence-electron chi connectivity index (χ3n) is 3.54. The molecule has 2 N–H and O–H groups in total. The van der Waals surface area contributed by atoms with Crippen LogP contribution in [0.25, 0.3) is 0 Å². The molecule has 0 heterocycles. The number of nitrogens with one attached hydrogen (secondary N) is 1. The Bertz CT molecular complexity index is 629. The molecule has 0 bridgehead atoms. The molecule has 1 aromatic carbocycles. The number of rotatable bonds is 4. The number of carboxylic acids is 1. The van der Waals surface area contributed by atoms with E-state index in [1.54, 1.807) is 12.1 Å². The van der Waals surface area contributed by atoms with Crippen molar-refractivity contribution in [2.45, 2.75) is 37.1 Å². The van der Waals surface area contributed by atoms with E-state index in [2.05, 4.69) is 20.7 Å². The summed E-state index contributed by atoms with van der Waals surface area (Å²) >= 11 is 3.33. The van der Waals surface area contributed by atoms with Gasteiger partial charge in [0.1, 0.15) is 0 Å². The number of halogens is 1. The summed E-state index contributed by atoms with van der Waals surface area (Å²) in [5.74, 6) is -1.31. The Labute approximate surface area is 126 Å². The van der Waals surface area contributed by atoms with Crippen LogP contribution in [0.15, 0.2) is 27.6 Å². The number of aryl methyl sites for hydroxylation is 1. The normalized spacial score (nSPS) is 22.9. The van der Waals surface area contributed by atoms with E-state index >= 15 is 0 Å². The van der Waals surface area contributed by atoms with E-state index in [1.807, 2.05) is 6.92 Å². The summed E-state index contributed by atoms with van der Waals surface area (Å²) in [6.45, 7) is 1.82. The first-order valence-electron chi connectivity index (χ1n) is 6.31. The standard InChI is InChI=1S/C13H16BrNO4S/c1-8-6-11(4-5-12(8)14)20(18,19)15-10-3-2-9(7-10)13(16)17/h4-6,9-10,15H,2-3,7H2,1H3,(H,16,17)/t9-,10+/m1/s1. The monoisotopic (exact) mass is 361 g/mol. The van der Waals surface area contributed by atoms with Gasteiger partial charge in [0.2, 0.25) is 10.0 Å². The van der Waals surface area contributed by atoms with Crippen LogP contribution in [0.2, 0.25) is 0 Å². The topological polar surface area (TPSA) is 83.5 Å². The lowest BCUT2D eigenvalue weighted by molar-refractivity contribution is -0.141. The Morgan fingerprint density at radius 3 is 2.65 bits per heavy atom. The Balaban J connectivity index is 2.12. The highest BCUT2D eigenvalue weighted by molar-refractivity contribution is 9.10. The van der Waals surface area contributed by atoms with Gasteiger partial charge in [0, 0.05) is 10.5 Å². The van der Waals surface area contributed by atoms with Crippen LogP contribution in [0.4, 0.5) is 0 Å². The predicted octanol–water partition coefficient (Wildman–Crippen LogP) is 2.29. The first kappa shape index (κ1) is 15.5. The van der Waals surface area contributed by atoms with E-state index < -0.39 is 21.9 Å². The van der Waals surface area contributed by atoms with Crippen LogP contribution >= 0.6 is 15.9 Å². The number of carboxylic acid groups (broad SMARTS) is 1. The molecule has 1 aliphatic carbocycles. The third kappa shape index (κ3) is 3.39. The molecule has 0 unspecified atom stereocenters. The second kappa shape index (κ2) is 5.83. The lowest BCUT2D eigenvalue weighted by Crippen LogP contribution is -2.33. The largest absolute Gasteiger partial charge is 0.481 e. The molecule has 7 heteroatoms. The molecule has 20 heavy (non-hydrogen) atoms. The van der Waals surface area contributed by atoms with E-state index in [0.717, 1.165) is 10.0 Å². The molecule has 0 aliphatic heterocycles. The third-order valence-corrected chi connectivity index (χ3v) is 5.95. The summed E-state index contributed by atoms with van der Waals surface area (Å²) in [6.07, 6.45) is 1.43. The number of aliphatic carboxylic acids is 1. The molecule has 2 rings (SSSR count). The minimum absolute atomic E-state index is 0.206. The van der Waals surface area contributed by atoms with Gasteiger partial charge in [-0.15, -0.1) is 0 Å². The summed E-state index contributed by atoms with van der Waals surface area (Å²) in [4.78, 5) is 11.1. The first-order chi connectivity index (χ1) is 9.29. The summed E-state index contributed by atoms with van der Waals surface area (Å²) < 4.78 is 28.0. The summed E-state index contributed by atoms with van der Waals surface area (Å²) in [5.41, 5.74) is 0.836. The van der Waals surface area contributed by atoms with Gasteiger partial charge in [-0.3, -0.25) is 4.79 Å². The van der Waals surface area contributed by atoms with Crippen LogP contribution < -0.4 is 4.72 Å². The molecule has 0 aromatic heterocycles. The van der Waals surface area contributed by atoms with E-state index in [9.17, 15) is 13.2 Å². The molecule has 1 aliphatic rings. The van der Waals surface area contributed by atoms with Crippen LogP contribution in [-0.4, -0.2) is 25.5 Å². The quantitative estimate of drug-likeness (QED) is 0.861. The van der Waals surface area contributed by atoms with Gasteiger partial charge >= 0.3 is 5.97 Å². The van der Waals surface area contributed by atoms with E-state index in [4.69, 9.17) is 5.11 Å². The van der Waals surface area contributed by atoms with Gasteiger partial charge in [0.15, 0.2) is 0 Å². The molecule has 0 radical (unpaired) electrons. The molecule has 1 fully saturated rings. The van der Waals surface area contributed by atoms with Crippen molar-refractivity contribution in [1.82, 2.24) is 4.72 Å². The van der Waals surface area contributed by atoms with Gasteiger partial charge in [-0.1, -0.05) is 15.9 Å². The lowest BCUT2D eigenvalue weighted by atomic mass is 10.1. The molecule has 0 spiro atoms. The Kier molecular flexibility index (Phi) is 4.51. The van der Waals surface area contributed by atoms with Crippen molar-refractivity contribution in [2.75, 3.05) is 0 Å². The second-order valence-corrected chi connectivity index (χ2v) is 7.65. The van der Waals surface area contributed by atoms with Crippen LogP contribution in [0.1, 0.15) is 24.8 Å². The van der Waals surface area contributed by atoms with Crippen molar-refractivity contribution in [3.8, 4) is 0 Å². The van der Waals surface area contributed by atoms with Crippen molar-refractivity contribution in [3.05, 3.63) is 28.2 Å². The smallest absolute Gasteiger partial charge is 0.306 e. The molecule has 2 atom stereocenters. The van der Waals surface area contributed by atoms with E-state index in [1.165, 1.54) is 6.07 Å². The molecule has 0 amide bonds. The zero-order valence-electron chi connectivity index (χ0n) is 11.0. The molecule has 1 aromatic rings. The Morgan fingerprint density at radius 2 is 2.10 bits per heavy atom. The van der Waals surface area contributed by atoms with Crippen molar-refractivity contribution >= 4 is 31.9 Å². The van der Waals surface area contributed by atoms with Crippen molar-refractivity contribution in [2.24, 2.45) is 5.92 Å². The average molecular weight is 362 g/mol. The van der Waals surface area contributed by atoms with Gasteiger partial charge in [-0.2, -0.15) is 0 Å². The highest BCUT2D eigenvalue weighted by atomic mass is 79.9. The number of carbonyl (C=O) groups is 1. The van der Waals surface area contributed by atoms with Gasteiger partial charge in [0.05, 0.1) is 10.8 Å². The summed E-state index contributed by atoms with van der Waals surface area (Å²) in [7, 11) is -3.60. The van der Waals surface area contributed by atoms with E-state index in [0.29, 0.717) is 19.3 Å². The Morgan fingerprint density at radius 1 is 1.40 bits per heavy atom. The summed E-state index contributed by atoms with van der Waals surface area (Å²) in [5, 5.41) is 8.93. The lowest BCUT2D eigenvalue weighted by Gasteiger charge is -2.13. The minimum Gasteiger partial charge on any atom is -0.481 e. The number of sulfonamides is 1. The molecule has 1 saturated carbocycles. The van der Waals surface area contributed by atoms with Crippen molar-refractivity contribution < 1.29 is 18.3 Å². The predicted molar refractivity (Wildman–Crippen MR) is 78.0 cm³/mol. The van der Waals surface area contributed by atoms with Gasteiger partial charge in [-0.25, -0.2) is 13.1 Å². The molecule has 0 saturated heterocycles. The maximum Gasteiger partial charge on any atom is 0.306 e.